The summed E-state index contributed by atoms with van der Waals surface area (Å²) in [6.45, 7) is 6.17. The molecule has 0 bridgehead atoms. The molecule has 1 aromatic carbocycles. The number of aliphatic hydroxyl groups is 1. The molecule has 298 valence electrons. The number of rotatable bonds is 23. The van der Waals surface area contributed by atoms with Crippen molar-refractivity contribution in [2.24, 2.45) is 5.11 Å². The molecule has 1 aromatic heterocycles. The van der Waals surface area contributed by atoms with Gasteiger partial charge in [0.05, 0.1) is 51.6 Å². The molecule has 0 unspecified atom stereocenters. The number of hydrogen-bond acceptors (Lipinski definition) is 17. The lowest BCUT2D eigenvalue weighted by Gasteiger charge is -2.43. The standard InChI is InChI=1S/C34H46N4O16/c1-20(40)48-19-28-31(49-21(2)41)32(50-22(3)42)33(51-23(4)43)34(54-28)53-27-7-5-24(18-39)30-26(27)17-25(52-30)6-8-29(44)36-9-11-45-13-15-47-16-14-46-12-10-37-38-35/h5,7,17,28,31-34,39H,6,8-16,18-19H2,1-4H3,(H,36,44)/t28-,31+,32+,33-,34-/m1/s1. The average Bonchev–Trinajstić information content (AvgIpc) is 3.55. The SMILES string of the molecule is CC(=O)OC[C@H]1O[C@@H](Oc2ccc(CO)c3oc(CCC(=O)NCCOCCOCCOCCN=[N+]=[N-])cc23)[C@H](OC(C)=O)[C@@H](OC(C)=O)[C@H]1OC(C)=O. The highest BCUT2D eigenvalue weighted by molar-refractivity contribution is 5.87. The van der Waals surface area contributed by atoms with Crippen LogP contribution in [0.25, 0.3) is 21.4 Å². The van der Waals surface area contributed by atoms with Crippen LogP contribution in [-0.4, -0.2) is 125 Å². The van der Waals surface area contributed by atoms with Gasteiger partial charge in [-0.05, 0) is 23.7 Å². The van der Waals surface area contributed by atoms with Gasteiger partial charge in [-0.3, -0.25) is 24.0 Å². The Morgan fingerprint density at radius 1 is 0.852 bits per heavy atom. The Hall–Kier alpha value is -4.98. The van der Waals surface area contributed by atoms with E-state index in [4.69, 9.17) is 52.6 Å². The zero-order valence-electron chi connectivity index (χ0n) is 30.5. The van der Waals surface area contributed by atoms with Crippen molar-refractivity contribution in [3.8, 4) is 5.75 Å². The van der Waals surface area contributed by atoms with E-state index >= 15 is 0 Å². The summed E-state index contributed by atoms with van der Waals surface area (Å²) in [6.07, 6.45) is -6.74. The van der Waals surface area contributed by atoms with Gasteiger partial charge >= 0.3 is 23.9 Å². The van der Waals surface area contributed by atoms with E-state index in [9.17, 15) is 29.1 Å². The topological polar surface area (TPSA) is 263 Å². The van der Waals surface area contributed by atoms with Crippen molar-refractivity contribution in [2.75, 3.05) is 59.3 Å². The number of carbonyl (C=O) groups is 5. The van der Waals surface area contributed by atoms with Crippen molar-refractivity contribution < 1.29 is 76.1 Å². The second-order valence-corrected chi connectivity index (χ2v) is 11.7. The number of fused-ring (bicyclic) bond motifs is 1. The summed E-state index contributed by atoms with van der Waals surface area (Å²) in [5.74, 6) is -2.76. The Morgan fingerprint density at radius 3 is 2.11 bits per heavy atom. The van der Waals surface area contributed by atoms with E-state index < -0.39 is 61.2 Å². The Bertz CT molecular complexity index is 1610. The van der Waals surface area contributed by atoms with Crippen LogP contribution in [-0.2, 0) is 74.9 Å². The van der Waals surface area contributed by atoms with E-state index in [1.807, 2.05) is 0 Å². The third-order valence-corrected chi connectivity index (χ3v) is 7.45. The van der Waals surface area contributed by atoms with Crippen molar-refractivity contribution in [3.05, 3.63) is 40.0 Å². The average molecular weight is 767 g/mol. The Balaban J connectivity index is 1.66. The fourth-order valence-electron chi connectivity index (χ4n) is 5.24. The van der Waals surface area contributed by atoms with Crippen molar-refractivity contribution in [1.29, 1.82) is 0 Å². The lowest BCUT2D eigenvalue weighted by molar-refractivity contribution is -0.288. The molecular formula is C34H46N4O16. The minimum atomic E-state index is -1.50. The number of furan rings is 1. The molecule has 0 aliphatic carbocycles. The molecule has 0 spiro atoms. The summed E-state index contributed by atoms with van der Waals surface area (Å²) >= 11 is 0. The summed E-state index contributed by atoms with van der Waals surface area (Å²) in [7, 11) is 0. The van der Waals surface area contributed by atoms with Crippen molar-refractivity contribution in [3.63, 3.8) is 0 Å². The molecule has 0 radical (unpaired) electrons. The predicted molar refractivity (Wildman–Crippen MR) is 183 cm³/mol. The molecule has 2 aromatic rings. The normalized spacial score (nSPS) is 19.3. The van der Waals surface area contributed by atoms with Crippen LogP contribution in [0.5, 0.6) is 5.75 Å². The minimum Gasteiger partial charge on any atom is -0.463 e. The van der Waals surface area contributed by atoms with Gasteiger partial charge in [0.1, 0.15) is 29.8 Å². The monoisotopic (exact) mass is 766 g/mol. The Kier molecular flexibility index (Phi) is 18.5. The summed E-state index contributed by atoms with van der Waals surface area (Å²) < 4.78 is 55.8. The molecule has 1 aliphatic heterocycles. The van der Waals surface area contributed by atoms with E-state index in [0.717, 1.165) is 27.7 Å². The van der Waals surface area contributed by atoms with Crippen LogP contribution in [0.2, 0.25) is 0 Å². The molecule has 2 heterocycles. The molecule has 5 atom stereocenters. The molecule has 20 heteroatoms. The zero-order valence-corrected chi connectivity index (χ0v) is 30.5. The quantitative estimate of drug-likeness (QED) is 0.0408. The van der Waals surface area contributed by atoms with Crippen molar-refractivity contribution >= 4 is 40.8 Å². The minimum absolute atomic E-state index is 0.0625. The van der Waals surface area contributed by atoms with Crippen molar-refractivity contribution in [2.45, 2.75) is 77.8 Å². The van der Waals surface area contributed by atoms with Gasteiger partial charge in [-0.2, -0.15) is 0 Å². The molecular weight excluding hydrogens is 720 g/mol. The van der Waals surface area contributed by atoms with Crippen LogP contribution < -0.4 is 10.1 Å². The number of carbonyl (C=O) groups excluding carboxylic acids is 5. The Labute approximate surface area is 310 Å². The van der Waals surface area contributed by atoms with E-state index in [1.54, 1.807) is 6.07 Å². The highest BCUT2D eigenvalue weighted by Gasteiger charge is 2.53. The number of nitrogens with zero attached hydrogens (tertiary/aromatic N) is 3. The van der Waals surface area contributed by atoms with Gasteiger partial charge in [0.2, 0.25) is 18.3 Å². The first-order chi connectivity index (χ1) is 25.9. The summed E-state index contributed by atoms with van der Waals surface area (Å²) in [5, 5.41) is 16.5. The van der Waals surface area contributed by atoms with Crippen LogP contribution in [0.4, 0.5) is 0 Å². The molecule has 2 N–H and O–H groups in total. The molecule has 1 amide bonds. The maximum absolute atomic E-state index is 12.5. The molecule has 1 aliphatic rings. The fourth-order valence-corrected chi connectivity index (χ4v) is 5.24. The van der Waals surface area contributed by atoms with Crippen LogP contribution in [0.1, 0.15) is 45.4 Å². The molecule has 54 heavy (non-hydrogen) atoms. The first-order valence-corrected chi connectivity index (χ1v) is 17.1. The first-order valence-electron chi connectivity index (χ1n) is 17.1. The second kappa shape index (κ2) is 22.9. The summed E-state index contributed by atoms with van der Waals surface area (Å²) in [5.41, 5.74) is 8.87. The highest BCUT2D eigenvalue weighted by atomic mass is 16.7. The van der Waals surface area contributed by atoms with Crippen molar-refractivity contribution in [1.82, 2.24) is 5.32 Å². The number of amides is 1. The predicted octanol–water partition coefficient (Wildman–Crippen LogP) is 1.80. The van der Waals surface area contributed by atoms with E-state index in [2.05, 4.69) is 15.3 Å². The number of aryl methyl sites for hydroxylation is 1. The summed E-state index contributed by atoms with van der Waals surface area (Å²) in [4.78, 5) is 63.3. The van der Waals surface area contributed by atoms with Gasteiger partial charge in [0.25, 0.3) is 0 Å². The number of hydrogen-bond donors (Lipinski definition) is 2. The van der Waals surface area contributed by atoms with Crippen LogP contribution in [0.15, 0.2) is 27.7 Å². The smallest absolute Gasteiger partial charge is 0.303 e. The van der Waals surface area contributed by atoms with Crippen LogP contribution >= 0.6 is 0 Å². The summed E-state index contributed by atoms with van der Waals surface area (Å²) in [6, 6.07) is 4.67. The second-order valence-electron chi connectivity index (χ2n) is 11.7. The maximum atomic E-state index is 12.5. The third-order valence-electron chi connectivity index (χ3n) is 7.45. The highest BCUT2D eigenvalue weighted by Crippen LogP contribution is 2.36. The maximum Gasteiger partial charge on any atom is 0.303 e. The number of nitrogens with one attached hydrogen (secondary N) is 1. The molecule has 0 saturated carbocycles. The van der Waals surface area contributed by atoms with E-state index in [0.29, 0.717) is 49.7 Å². The van der Waals surface area contributed by atoms with Gasteiger partial charge in [-0.25, -0.2) is 0 Å². The Morgan fingerprint density at radius 2 is 1.48 bits per heavy atom. The zero-order chi connectivity index (χ0) is 39.5. The number of benzene rings is 1. The molecule has 1 fully saturated rings. The van der Waals surface area contributed by atoms with Crippen LogP contribution in [0, 0.1) is 0 Å². The molecule has 20 nitrogen and oxygen atoms in total. The molecule has 3 rings (SSSR count). The number of aliphatic hydroxyl groups excluding tert-OH is 1. The largest absolute Gasteiger partial charge is 0.463 e. The number of esters is 4. The van der Waals surface area contributed by atoms with Gasteiger partial charge in [0, 0.05) is 64.1 Å². The fraction of sp³-hybridized carbons (Fsp3) is 0.618. The lowest BCUT2D eigenvalue weighted by atomic mass is 9.98. The first kappa shape index (κ1) is 43.4. The van der Waals surface area contributed by atoms with Gasteiger partial charge in [-0.15, -0.1) is 0 Å². The van der Waals surface area contributed by atoms with E-state index in [-0.39, 0.29) is 56.4 Å². The van der Waals surface area contributed by atoms with E-state index in [1.165, 1.54) is 12.1 Å². The van der Waals surface area contributed by atoms with Crippen LogP contribution in [0.3, 0.4) is 0 Å². The van der Waals surface area contributed by atoms with Gasteiger partial charge in [-0.1, -0.05) is 5.11 Å². The molecule has 1 saturated heterocycles. The van der Waals surface area contributed by atoms with Gasteiger partial charge in [0.15, 0.2) is 12.2 Å². The number of ether oxygens (including phenoxy) is 9. The third kappa shape index (κ3) is 14.4. The number of azide groups is 1. The van der Waals surface area contributed by atoms with Gasteiger partial charge < -0.3 is 57.5 Å². The lowest BCUT2D eigenvalue weighted by Crippen LogP contribution is -2.63.